The lowest BCUT2D eigenvalue weighted by Gasteiger charge is -2.37. The van der Waals surface area contributed by atoms with E-state index in [1.807, 2.05) is 23.0 Å². The van der Waals surface area contributed by atoms with Crippen LogP contribution < -0.4 is 0 Å². The van der Waals surface area contributed by atoms with E-state index in [1.165, 1.54) is 35.0 Å². The fourth-order valence-corrected chi connectivity index (χ4v) is 3.72. The molecule has 0 bridgehead atoms. The van der Waals surface area contributed by atoms with Crippen LogP contribution in [0, 0.1) is 5.41 Å². The molecule has 2 aromatic heterocycles. The summed E-state index contributed by atoms with van der Waals surface area (Å²) >= 11 is 0. The highest BCUT2D eigenvalue weighted by Gasteiger charge is 2.32. The summed E-state index contributed by atoms with van der Waals surface area (Å²) < 4.78 is 1.93. The van der Waals surface area contributed by atoms with Crippen molar-refractivity contribution in [3.8, 4) is 0 Å². The summed E-state index contributed by atoms with van der Waals surface area (Å²) in [6, 6.07) is 15.3. The van der Waals surface area contributed by atoms with E-state index in [9.17, 15) is 0 Å². The van der Waals surface area contributed by atoms with Crippen molar-refractivity contribution in [2.75, 3.05) is 0 Å². The highest BCUT2D eigenvalue weighted by atomic mass is 15.2. The third kappa shape index (κ3) is 2.15. The molecule has 0 saturated carbocycles. The number of hydrogen-bond donors (Lipinski definition) is 0. The first-order valence-corrected chi connectivity index (χ1v) is 7.63. The summed E-state index contributed by atoms with van der Waals surface area (Å²) in [7, 11) is 0. The zero-order chi connectivity index (χ0) is 14.4. The van der Waals surface area contributed by atoms with Gasteiger partial charge in [0, 0.05) is 12.1 Å². The predicted octanol–water partition coefficient (Wildman–Crippen LogP) is 4.44. The van der Waals surface area contributed by atoms with E-state index in [2.05, 4.69) is 55.3 Å². The van der Waals surface area contributed by atoms with Gasteiger partial charge in [-0.1, -0.05) is 38.1 Å². The Labute approximate surface area is 125 Å². The van der Waals surface area contributed by atoms with Crippen molar-refractivity contribution in [3.05, 3.63) is 71.5 Å². The van der Waals surface area contributed by atoms with Crippen LogP contribution in [0.3, 0.4) is 0 Å². The molecule has 3 aromatic rings. The molecule has 0 radical (unpaired) electrons. The maximum absolute atomic E-state index is 4.55. The van der Waals surface area contributed by atoms with E-state index in [-0.39, 0.29) is 0 Å². The zero-order valence-electron chi connectivity index (χ0n) is 12.6. The molecule has 0 fully saturated rings. The number of fused-ring (bicyclic) bond motifs is 2. The number of hydrogen-bond acceptors (Lipinski definition) is 1. The molecule has 1 unspecified atom stereocenters. The Morgan fingerprint density at radius 1 is 1.14 bits per heavy atom. The molecule has 4 rings (SSSR count). The molecule has 2 heterocycles. The first-order chi connectivity index (χ1) is 10.1. The van der Waals surface area contributed by atoms with E-state index >= 15 is 0 Å². The third-order valence-corrected chi connectivity index (χ3v) is 4.66. The number of aromatic nitrogens is 2. The van der Waals surface area contributed by atoms with Gasteiger partial charge in [-0.3, -0.25) is 0 Å². The van der Waals surface area contributed by atoms with Gasteiger partial charge >= 0.3 is 0 Å². The average Bonchev–Trinajstić information content (AvgIpc) is 2.92. The fourth-order valence-electron chi connectivity index (χ4n) is 3.72. The van der Waals surface area contributed by atoms with E-state index in [1.54, 1.807) is 0 Å². The largest absolute Gasteiger partial charge is 0.241 e. The van der Waals surface area contributed by atoms with E-state index in [0.29, 0.717) is 11.3 Å². The average molecular weight is 276 g/mol. The second-order valence-corrected chi connectivity index (χ2v) is 6.96. The van der Waals surface area contributed by atoms with Crippen molar-refractivity contribution in [2.45, 2.75) is 32.6 Å². The van der Waals surface area contributed by atoms with Gasteiger partial charge in [-0.2, -0.15) is 5.10 Å². The summed E-state index contributed by atoms with van der Waals surface area (Å²) in [4.78, 5) is 0. The van der Waals surface area contributed by atoms with Crippen molar-refractivity contribution >= 4 is 5.52 Å². The van der Waals surface area contributed by atoms with Gasteiger partial charge in [0.2, 0.25) is 0 Å². The lowest BCUT2D eigenvalue weighted by Crippen LogP contribution is -2.26. The van der Waals surface area contributed by atoms with Crippen LogP contribution in [0.15, 0.2) is 54.9 Å². The lowest BCUT2D eigenvalue weighted by atomic mass is 9.67. The first-order valence-electron chi connectivity index (χ1n) is 7.63. The predicted molar refractivity (Wildman–Crippen MR) is 85.6 cm³/mol. The Kier molecular flexibility index (Phi) is 2.68. The molecule has 1 aliphatic carbocycles. The Morgan fingerprint density at radius 3 is 2.90 bits per heavy atom. The van der Waals surface area contributed by atoms with Gasteiger partial charge < -0.3 is 0 Å². The Bertz CT molecular complexity index is 798. The Hall–Kier alpha value is -2.09. The maximum atomic E-state index is 4.55. The molecule has 0 N–H and O–H groups in total. The van der Waals surface area contributed by atoms with Gasteiger partial charge in [-0.05, 0) is 53.1 Å². The summed E-state index contributed by atoms with van der Waals surface area (Å²) in [5.41, 5.74) is 5.82. The van der Waals surface area contributed by atoms with Crippen LogP contribution in [0.25, 0.3) is 5.52 Å². The monoisotopic (exact) mass is 276 g/mol. The smallest absolute Gasteiger partial charge is 0.0649 e. The number of rotatable bonds is 1. The molecule has 21 heavy (non-hydrogen) atoms. The molecular formula is C19H20N2. The Balaban J connectivity index is 1.86. The van der Waals surface area contributed by atoms with Crippen molar-refractivity contribution in [1.29, 1.82) is 0 Å². The van der Waals surface area contributed by atoms with E-state index in [4.69, 9.17) is 0 Å². The topological polar surface area (TPSA) is 17.3 Å². The van der Waals surface area contributed by atoms with Gasteiger partial charge in [-0.15, -0.1) is 0 Å². The minimum absolute atomic E-state index is 0.340. The van der Waals surface area contributed by atoms with Crippen molar-refractivity contribution in [2.24, 2.45) is 5.41 Å². The molecule has 1 atom stereocenters. The number of benzene rings is 1. The third-order valence-electron chi connectivity index (χ3n) is 4.66. The highest BCUT2D eigenvalue weighted by molar-refractivity contribution is 5.51. The molecule has 0 amide bonds. The van der Waals surface area contributed by atoms with Crippen LogP contribution in [0.4, 0.5) is 0 Å². The minimum atomic E-state index is 0.340. The minimum Gasteiger partial charge on any atom is -0.241 e. The molecule has 2 nitrogen and oxygen atoms in total. The number of nitrogens with zero attached hydrogens (tertiary/aromatic N) is 2. The molecular weight excluding hydrogens is 256 g/mol. The fraction of sp³-hybridized carbons (Fsp3) is 0.316. The van der Waals surface area contributed by atoms with Crippen molar-refractivity contribution < 1.29 is 0 Å². The van der Waals surface area contributed by atoms with Crippen LogP contribution in [0.1, 0.15) is 42.9 Å². The molecule has 1 aliphatic rings. The molecule has 2 heteroatoms. The van der Waals surface area contributed by atoms with Gasteiger partial charge in [-0.25, -0.2) is 4.52 Å². The van der Waals surface area contributed by atoms with Crippen molar-refractivity contribution in [1.82, 2.24) is 9.61 Å². The van der Waals surface area contributed by atoms with Crippen molar-refractivity contribution in [3.63, 3.8) is 0 Å². The zero-order valence-corrected chi connectivity index (χ0v) is 12.6. The van der Waals surface area contributed by atoms with Gasteiger partial charge in [0.1, 0.15) is 0 Å². The highest BCUT2D eigenvalue weighted by Crippen LogP contribution is 2.44. The van der Waals surface area contributed by atoms with E-state index < -0.39 is 0 Å². The lowest BCUT2D eigenvalue weighted by molar-refractivity contribution is 0.296. The normalized spacial score (nSPS) is 20.4. The quantitative estimate of drug-likeness (QED) is 0.642. The molecule has 106 valence electrons. The summed E-state index contributed by atoms with van der Waals surface area (Å²) in [5.74, 6) is 0.456. The van der Waals surface area contributed by atoms with Gasteiger partial charge in [0.05, 0.1) is 11.7 Å². The van der Waals surface area contributed by atoms with Crippen LogP contribution in [-0.2, 0) is 6.42 Å². The van der Waals surface area contributed by atoms with Crippen LogP contribution in [-0.4, -0.2) is 9.61 Å². The van der Waals surface area contributed by atoms with E-state index in [0.717, 1.165) is 0 Å². The molecule has 1 aromatic carbocycles. The summed E-state index contributed by atoms with van der Waals surface area (Å²) in [6.07, 6.45) is 6.39. The van der Waals surface area contributed by atoms with Crippen LogP contribution in [0.2, 0.25) is 0 Å². The second kappa shape index (κ2) is 4.45. The van der Waals surface area contributed by atoms with Gasteiger partial charge in [0.15, 0.2) is 0 Å². The summed E-state index contributed by atoms with van der Waals surface area (Å²) in [5, 5.41) is 4.55. The summed E-state index contributed by atoms with van der Waals surface area (Å²) in [6.45, 7) is 4.75. The second-order valence-electron chi connectivity index (χ2n) is 6.96. The van der Waals surface area contributed by atoms with Gasteiger partial charge in [0.25, 0.3) is 0 Å². The van der Waals surface area contributed by atoms with Crippen LogP contribution >= 0.6 is 0 Å². The SMILES string of the molecule is CC1(C)Cc2ccccc2C(c2cnn3cccc3c2)C1. The molecule has 0 aliphatic heterocycles. The van der Waals surface area contributed by atoms with Crippen LogP contribution in [0.5, 0.6) is 0 Å². The Morgan fingerprint density at radius 2 is 2.00 bits per heavy atom. The molecule has 0 spiro atoms. The standard InChI is InChI=1S/C19H20N2/c1-19(2)11-14-6-3-4-8-17(14)18(12-19)15-10-16-7-5-9-21(16)20-13-15/h3-10,13,18H,11-12H2,1-2H3. The molecule has 0 saturated heterocycles. The maximum Gasteiger partial charge on any atom is 0.0649 e. The first kappa shape index (κ1) is 12.6.